The topological polar surface area (TPSA) is 77.2 Å². The molecule has 0 radical (unpaired) electrons. The molecular weight excluding hydrogens is 291 g/mol. The lowest BCUT2D eigenvalue weighted by Crippen LogP contribution is -2.06. The van der Waals surface area contributed by atoms with Gasteiger partial charge in [0.25, 0.3) is 0 Å². The first-order chi connectivity index (χ1) is 9.86. The summed E-state index contributed by atoms with van der Waals surface area (Å²) in [6.45, 7) is -0.0909. The van der Waals surface area contributed by atoms with Crippen molar-refractivity contribution in [2.24, 2.45) is 0 Å². The molecule has 0 saturated heterocycles. The average molecular weight is 301 g/mol. The third-order valence-corrected chi connectivity index (χ3v) is 2.48. The highest BCUT2D eigenvalue weighted by molar-refractivity contribution is 5.66. The second-order valence-corrected chi connectivity index (χ2v) is 4.01. The van der Waals surface area contributed by atoms with Gasteiger partial charge in [-0.15, -0.1) is 5.10 Å². The smallest absolute Gasteiger partial charge is 0.416 e. The van der Waals surface area contributed by atoms with E-state index in [0.29, 0.717) is 5.69 Å². The molecule has 21 heavy (non-hydrogen) atoms. The van der Waals surface area contributed by atoms with Gasteiger partial charge in [0.1, 0.15) is 12.9 Å². The van der Waals surface area contributed by atoms with Gasteiger partial charge >= 0.3 is 18.2 Å². The number of hydrogen-bond donors (Lipinski definition) is 1. The number of benzene rings is 1. The lowest BCUT2D eigenvalue weighted by molar-refractivity contribution is -0.138. The van der Waals surface area contributed by atoms with Gasteiger partial charge in [-0.05, 0) is 24.3 Å². The Kier molecular flexibility index (Phi) is 4.10. The first-order valence-corrected chi connectivity index (χ1v) is 5.80. The van der Waals surface area contributed by atoms with Crippen LogP contribution in [0.4, 0.5) is 13.2 Å². The third kappa shape index (κ3) is 3.94. The average Bonchev–Trinajstić information content (AvgIpc) is 2.86. The Morgan fingerprint density at radius 3 is 2.52 bits per heavy atom. The highest BCUT2D eigenvalue weighted by Gasteiger charge is 2.30. The van der Waals surface area contributed by atoms with Crippen molar-refractivity contribution in [3.63, 3.8) is 0 Å². The van der Waals surface area contributed by atoms with Crippen LogP contribution in [0.2, 0.25) is 0 Å². The molecule has 1 N–H and O–H groups in total. The zero-order valence-electron chi connectivity index (χ0n) is 10.5. The summed E-state index contributed by atoms with van der Waals surface area (Å²) in [6.07, 6.45) is -3.33. The van der Waals surface area contributed by atoms with Gasteiger partial charge < -0.3 is 9.84 Å². The fraction of sp³-hybridized carbons (Fsp3) is 0.250. The largest absolute Gasteiger partial charge is 0.481 e. The SMILES string of the molecule is O=C(O)CCOc1ncn(-c2ccc(C(F)(F)F)cc2)n1. The van der Waals surface area contributed by atoms with Gasteiger partial charge in [-0.25, -0.2) is 4.68 Å². The molecule has 0 unspecified atom stereocenters. The quantitative estimate of drug-likeness (QED) is 0.915. The van der Waals surface area contributed by atoms with E-state index in [4.69, 9.17) is 9.84 Å². The maximum absolute atomic E-state index is 12.4. The highest BCUT2D eigenvalue weighted by Crippen LogP contribution is 2.29. The molecule has 1 aromatic carbocycles. The zero-order chi connectivity index (χ0) is 15.5. The molecule has 0 aliphatic heterocycles. The predicted molar refractivity (Wildman–Crippen MR) is 64.1 cm³/mol. The second kappa shape index (κ2) is 5.81. The summed E-state index contributed by atoms with van der Waals surface area (Å²) < 4.78 is 43.5. The van der Waals surface area contributed by atoms with Crippen LogP contribution in [0.3, 0.4) is 0 Å². The number of carbonyl (C=O) groups is 1. The Labute approximate surface area is 116 Å². The van der Waals surface area contributed by atoms with E-state index in [1.54, 1.807) is 0 Å². The minimum Gasteiger partial charge on any atom is -0.481 e. The van der Waals surface area contributed by atoms with Gasteiger partial charge in [0.2, 0.25) is 0 Å². The molecule has 0 spiro atoms. The van der Waals surface area contributed by atoms with Crippen LogP contribution in [0.15, 0.2) is 30.6 Å². The molecule has 0 bridgehead atoms. The van der Waals surface area contributed by atoms with Crippen LogP contribution in [0.1, 0.15) is 12.0 Å². The van der Waals surface area contributed by atoms with E-state index in [-0.39, 0.29) is 19.0 Å². The Bertz CT molecular complexity index is 623. The number of rotatable bonds is 5. The Morgan fingerprint density at radius 2 is 1.95 bits per heavy atom. The fourth-order valence-electron chi connectivity index (χ4n) is 1.47. The summed E-state index contributed by atoms with van der Waals surface area (Å²) in [4.78, 5) is 14.1. The van der Waals surface area contributed by atoms with Crippen molar-refractivity contribution >= 4 is 5.97 Å². The van der Waals surface area contributed by atoms with E-state index >= 15 is 0 Å². The second-order valence-electron chi connectivity index (χ2n) is 4.01. The summed E-state index contributed by atoms with van der Waals surface area (Å²) in [7, 11) is 0. The van der Waals surface area contributed by atoms with Crippen LogP contribution in [0, 0.1) is 0 Å². The Morgan fingerprint density at radius 1 is 1.29 bits per heavy atom. The van der Waals surface area contributed by atoms with Crippen LogP contribution in [-0.2, 0) is 11.0 Å². The molecule has 0 fully saturated rings. The van der Waals surface area contributed by atoms with E-state index < -0.39 is 17.7 Å². The first kappa shape index (κ1) is 14.8. The molecule has 9 heteroatoms. The molecule has 0 atom stereocenters. The molecule has 2 aromatic rings. The third-order valence-electron chi connectivity index (χ3n) is 2.48. The zero-order valence-corrected chi connectivity index (χ0v) is 10.5. The molecule has 0 saturated carbocycles. The van der Waals surface area contributed by atoms with Crippen LogP contribution in [0.25, 0.3) is 5.69 Å². The molecule has 1 heterocycles. The number of aromatic nitrogens is 3. The lowest BCUT2D eigenvalue weighted by atomic mass is 10.2. The molecule has 6 nitrogen and oxygen atoms in total. The summed E-state index contributed by atoms with van der Waals surface area (Å²) in [5.41, 5.74) is -0.382. The molecule has 0 aliphatic carbocycles. The number of carboxylic acids is 1. The van der Waals surface area contributed by atoms with Gasteiger partial charge in [0.15, 0.2) is 0 Å². The molecular formula is C12H10F3N3O3. The van der Waals surface area contributed by atoms with Crippen molar-refractivity contribution in [1.82, 2.24) is 14.8 Å². The maximum atomic E-state index is 12.4. The lowest BCUT2D eigenvalue weighted by Gasteiger charge is -2.07. The fourth-order valence-corrected chi connectivity index (χ4v) is 1.47. The number of alkyl halides is 3. The normalized spacial score (nSPS) is 11.4. The summed E-state index contributed by atoms with van der Waals surface area (Å²) >= 11 is 0. The number of nitrogens with zero attached hydrogens (tertiary/aromatic N) is 3. The van der Waals surface area contributed by atoms with Crippen LogP contribution >= 0.6 is 0 Å². The summed E-state index contributed by atoms with van der Waals surface area (Å²) in [5.74, 6) is -1.02. The summed E-state index contributed by atoms with van der Waals surface area (Å²) in [6, 6.07) is 4.32. The van der Waals surface area contributed by atoms with Crippen molar-refractivity contribution in [3.8, 4) is 11.7 Å². The molecule has 1 aromatic heterocycles. The van der Waals surface area contributed by atoms with Crippen molar-refractivity contribution in [2.45, 2.75) is 12.6 Å². The van der Waals surface area contributed by atoms with E-state index in [1.165, 1.54) is 23.1 Å². The van der Waals surface area contributed by atoms with Crippen LogP contribution in [-0.4, -0.2) is 32.4 Å². The monoisotopic (exact) mass is 301 g/mol. The van der Waals surface area contributed by atoms with Crippen molar-refractivity contribution in [1.29, 1.82) is 0 Å². The Balaban J connectivity index is 2.05. The number of hydrogen-bond acceptors (Lipinski definition) is 4. The van der Waals surface area contributed by atoms with Crippen molar-refractivity contribution in [3.05, 3.63) is 36.2 Å². The van der Waals surface area contributed by atoms with E-state index in [1.807, 2.05) is 0 Å². The number of carboxylic acid groups (broad SMARTS) is 1. The number of ether oxygens (including phenoxy) is 1. The van der Waals surface area contributed by atoms with Crippen LogP contribution < -0.4 is 4.74 Å². The maximum Gasteiger partial charge on any atom is 0.416 e. The highest BCUT2D eigenvalue weighted by atomic mass is 19.4. The van der Waals surface area contributed by atoms with E-state index in [9.17, 15) is 18.0 Å². The molecule has 0 amide bonds. The van der Waals surface area contributed by atoms with Crippen LogP contribution in [0.5, 0.6) is 6.01 Å². The van der Waals surface area contributed by atoms with E-state index in [2.05, 4.69) is 10.1 Å². The standard InChI is InChI=1S/C12H10F3N3O3/c13-12(14,15)8-1-3-9(4-2-8)18-7-16-11(17-18)21-6-5-10(19)20/h1-4,7H,5-6H2,(H,19,20). The molecule has 112 valence electrons. The van der Waals surface area contributed by atoms with Gasteiger partial charge in [-0.2, -0.15) is 18.2 Å². The van der Waals surface area contributed by atoms with Gasteiger partial charge in [0.05, 0.1) is 17.7 Å². The van der Waals surface area contributed by atoms with Gasteiger partial charge in [-0.1, -0.05) is 0 Å². The predicted octanol–water partition coefficient (Wildman–Crippen LogP) is 2.14. The van der Waals surface area contributed by atoms with Gasteiger partial charge in [-0.3, -0.25) is 4.79 Å². The molecule has 2 rings (SSSR count). The summed E-state index contributed by atoms with van der Waals surface area (Å²) in [5, 5.41) is 12.3. The molecule has 0 aliphatic rings. The van der Waals surface area contributed by atoms with Crippen molar-refractivity contribution < 1.29 is 27.8 Å². The van der Waals surface area contributed by atoms with E-state index in [0.717, 1.165) is 12.1 Å². The minimum atomic E-state index is -4.40. The first-order valence-electron chi connectivity index (χ1n) is 5.80. The number of halogens is 3. The van der Waals surface area contributed by atoms with Crippen molar-refractivity contribution in [2.75, 3.05) is 6.61 Å². The Hall–Kier alpha value is -2.58. The van der Waals surface area contributed by atoms with Gasteiger partial charge in [0, 0.05) is 0 Å². The minimum absolute atomic E-state index is 0.0452. The number of aliphatic carboxylic acids is 1.